The Balaban J connectivity index is 1.24. The van der Waals surface area contributed by atoms with Crippen LogP contribution in [0.25, 0.3) is 82.4 Å². The number of fused-ring (bicyclic) bond motifs is 5. The summed E-state index contributed by atoms with van der Waals surface area (Å²) >= 11 is 0. The summed E-state index contributed by atoms with van der Waals surface area (Å²) in [4.78, 5) is 2.50. The Bertz CT molecular complexity index is 3190. The molecule has 0 aliphatic rings. The molecule has 0 aliphatic carbocycles. The van der Waals surface area contributed by atoms with Crippen LogP contribution >= 0.6 is 0 Å². The molecule has 0 fully saturated rings. The molecule has 11 aromatic rings. The lowest BCUT2D eigenvalue weighted by molar-refractivity contribution is 1.18. The molecule has 272 valence electrons. The van der Waals surface area contributed by atoms with Crippen molar-refractivity contribution in [3.05, 3.63) is 231 Å². The highest BCUT2D eigenvalue weighted by atomic mass is 15.2. The van der Waals surface area contributed by atoms with Crippen LogP contribution in [0.2, 0.25) is 0 Å². The van der Waals surface area contributed by atoms with Gasteiger partial charge >= 0.3 is 0 Å². The number of rotatable bonds is 7. The maximum absolute atomic E-state index is 2.50. The number of benzene rings is 10. The van der Waals surface area contributed by atoms with E-state index in [1.54, 1.807) is 0 Å². The zero-order valence-electron chi connectivity index (χ0n) is 31.8. The van der Waals surface area contributed by atoms with Crippen LogP contribution in [-0.2, 0) is 0 Å². The molecule has 10 aromatic carbocycles. The van der Waals surface area contributed by atoms with Gasteiger partial charge in [0, 0.05) is 27.7 Å². The molecule has 1 aromatic heterocycles. The minimum Gasteiger partial charge on any atom is -0.309 e. The van der Waals surface area contributed by atoms with Gasteiger partial charge in [-0.1, -0.05) is 164 Å². The summed E-state index contributed by atoms with van der Waals surface area (Å²) < 4.78 is 2.40. The van der Waals surface area contributed by atoms with E-state index in [0.29, 0.717) is 0 Å². The molecule has 2 nitrogen and oxygen atoms in total. The molecule has 0 saturated carbocycles. The van der Waals surface area contributed by atoms with Crippen LogP contribution in [0.5, 0.6) is 0 Å². The van der Waals surface area contributed by atoms with Crippen molar-refractivity contribution in [2.75, 3.05) is 4.90 Å². The number of aromatic nitrogens is 1. The minimum absolute atomic E-state index is 1.08. The van der Waals surface area contributed by atoms with Gasteiger partial charge in [0.2, 0.25) is 0 Å². The second-order valence-electron chi connectivity index (χ2n) is 15.0. The first-order valence-electron chi connectivity index (χ1n) is 19.9. The van der Waals surface area contributed by atoms with E-state index in [2.05, 4.69) is 240 Å². The van der Waals surface area contributed by atoms with Crippen molar-refractivity contribution < 1.29 is 0 Å². The van der Waals surface area contributed by atoms with E-state index in [4.69, 9.17) is 0 Å². The van der Waals surface area contributed by atoms with Crippen LogP contribution in [0.3, 0.4) is 0 Å². The molecule has 0 amide bonds. The van der Waals surface area contributed by atoms with Gasteiger partial charge < -0.3 is 9.47 Å². The van der Waals surface area contributed by atoms with Crippen molar-refractivity contribution >= 4 is 60.4 Å². The second kappa shape index (κ2) is 14.1. The fourth-order valence-corrected chi connectivity index (χ4v) is 8.79. The molecule has 1 heterocycles. The minimum atomic E-state index is 1.08. The van der Waals surface area contributed by atoms with Crippen LogP contribution in [0, 0.1) is 0 Å². The lowest BCUT2D eigenvalue weighted by Crippen LogP contribution is -2.12. The molecular formula is C56H38N2. The third kappa shape index (κ3) is 5.82. The highest BCUT2D eigenvalue weighted by molar-refractivity contribution is 6.17. The smallest absolute Gasteiger partial charge is 0.0562 e. The summed E-state index contributed by atoms with van der Waals surface area (Å²) in [6.07, 6.45) is 0. The van der Waals surface area contributed by atoms with Gasteiger partial charge in [-0.15, -0.1) is 0 Å². The Morgan fingerprint density at radius 3 is 1.53 bits per heavy atom. The third-order valence-electron chi connectivity index (χ3n) is 11.5. The zero-order valence-corrected chi connectivity index (χ0v) is 31.8. The Labute approximate surface area is 338 Å². The lowest BCUT2D eigenvalue weighted by Gasteiger charge is -2.30. The standard InChI is InChI=1S/C56H38N2/c1-3-18-41(19-4-1)50-24-11-13-26-52(50)58(55-29-15-28-54-56(55)51-25-12-14-27-53(51)57(54)48-22-5-2-6-23-48)49-37-46(44-32-30-39-16-7-9-20-42(39)34-44)36-47(38-49)45-33-31-40-17-8-10-21-43(40)35-45/h1-38H. The average molecular weight is 739 g/mol. The molecule has 0 aliphatic heterocycles. The molecule has 0 saturated heterocycles. The number of hydrogen-bond donors (Lipinski definition) is 0. The van der Waals surface area contributed by atoms with Crippen molar-refractivity contribution in [3.63, 3.8) is 0 Å². The highest BCUT2D eigenvalue weighted by Crippen LogP contribution is 2.48. The maximum atomic E-state index is 2.50. The van der Waals surface area contributed by atoms with E-state index >= 15 is 0 Å². The maximum Gasteiger partial charge on any atom is 0.0562 e. The highest BCUT2D eigenvalue weighted by Gasteiger charge is 2.24. The van der Waals surface area contributed by atoms with Gasteiger partial charge in [-0.05, 0) is 116 Å². The molecule has 58 heavy (non-hydrogen) atoms. The molecule has 0 radical (unpaired) electrons. The van der Waals surface area contributed by atoms with Crippen LogP contribution in [0.4, 0.5) is 17.1 Å². The molecule has 0 atom stereocenters. The number of nitrogens with zero attached hydrogens (tertiary/aromatic N) is 2. The molecule has 0 unspecified atom stereocenters. The van der Waals surface area contributed by atoms with Crippen molar-refractivity contribution in [3.8, 4) is 39.1 Å². The summed E-state index contributed by atoms with van der Waals surface area (Å²) in [6.45, 7) is 0. The summed E-state index contributed by atoms with van der Waals surface area (Å²) in [7, 11) is 0. The van der Waals surface area contributed by atoms with Gasteiger partial charge in [-0.3, -0.25) is 0 Å². The van der Waals surface area contributed by atoms with Crippen LogP contribution in [0.1, 0.15) is 0 Å². The largest absolute Gasteiger partial charge is 0.309 e. The predicted octanol–water partition coefficient (Wildman–Crippen LogP) is 15.6. The van der Waals surface area contributed by atoms with E-state index in [-0.39, 0.29) is 0 Å². The first-order chi connectivity index (χ1) is 28.8. The normalized spacial score (nSPS) is 11.4. The van der Waals surface area contributed by atoms with E-state index in [1.807, 2.05) is 0 Å². The Kier molecular flexibility index (Phi) is 8.19. The van der Waals surface area contributed by atoms with Crippen molar-refractivity contribution in [2.24, 2.45) is 0 Å². The Morgan fingerprint density at radius 2 is 0.845 bits per heavy atom. The van der Waals surface area contributed by atoms with Crippen LogP contribution in [0.15, 0.2) is 231 Å². The van der Waals surface area contributed by atoms with Gasteiger partial charge in [-0.2, -0.15) is 0 Å². The molecule has 11 rings (SSSR count). The summed E-state index contributed by atoms with van der Waals surface area (Å²) in [5.74, 6) is 0. The van der Waals surface area contributed by atoms with E-state index < -0.39 is 0 Å². The number of anilines is 3. The summed E-state index contributed by atoms with van der Waals surface area (Å²) in [5, 5.41) is 7.33. The van der Waals surface area contributed by atoms with Crippen molar-refractivity contribution in [1.82, 2.24) is 4.57 Å². The fourth-order valence-electron chi connectivity index (χ4n) is 8.79. The average Bonchev–Trinajstić information content (AvgIpc) is 3.64. The van der Waals surface area contributed by atoms with Gasteiger partial charge in [-0.25, -0.2) is 0 Å². The van der Waals surface area contributed by atoms with E-state index in [0.717, 1.165) is 45.0 Å². The number of para-hydroxylation sites is 3. The van der Waals surface area contributed by atoms with Crippen molar-refractivity contribution in [1.29, 1.82) is 0 Å². The summed E-state index contributed by atoms with van der Waals surface area (Å²) in [6, 6.07) is 84.0. The first kappa shape index (κ1) is 33.6. The SMILES string of the molecule is c1ccc(-c2ccccc2N(c2cc(-c3ccc4ccccc4c3)cc(-c3ccc4ccccc4c3)c2)c2cccc3c2c2ccccc2n3-c2ccccc2)cc1. The zero-order chi connectivity index (χ0) is 38.4. The predicted molar refractivity (Wildman–Crippen MR) is 247 cm³/mol. The number of hydrogen-bond acceptors (Lipinski definition) is 1. The molecule has 0 N–H and O–H groups in total. The quantitative estimate of drug-likeness (QED) is 0.158. The van der Waals surface area contributed by atoms with E-state index in [1.165, 1.54) is 54.5 Å². The fraction of sp³-hybridized carbons (Fsp3) is 0. The monoisotopic (exact) mass is 738 g/mol. The molecule has 2 heteroatoms. The van der Waals surface area contributed by atoms with Gasteiger partial charge in [0.25, 0.3) is 0 Å². The van der Waals surface area contributed by atoms with Crippen LogP contribution < -0.4 is 4.90 Å². The first-order valence-corrected chi connectivity index (χ1v) is 19.9. The van der Waals surface area contributed by atoms with Crippen molar-refractivity contribution in [2.45, 2.75) is 0 Å². The molecule has 0 spiro atoms. The molecular weight excluding hydrogens is 701 g/mol. The van der Waals surface area contributed by atoms with Gasteiger partial charge in [0.1, 0.15) is 0 Å². The third-order valence-corrected chi connectivity index (χ3v) is 11.5. The molecule has 0 bridgehead atoms. The topological polar surface area (TPSA) is 8.17 Å². The van der Waals surface area contributed by atoms with E-state index in [9.17, 15) is 0 Å². The van der Waals surface area contributed by atoms with Crippen LogP contribution in [-0.4, -0.2) is 4.57 Å². The Morgan fingerprint density at radius 1 is 0.310 bits per heavy atom. The summed E-state index contributed by atoms with van der Waals surface area (Å²) in [5.41, 5.74) is 13.8. The Hall–Kier alpha value is -7.68. The van der Waals surface area contributed by atoms with Gasteiger partial charge in [0.05, 0.1) is 22.4 Å². The lowest BCUT2D eigenvalue weighted by atomic mass is 9.94. The van der Waals surface area contributed by atoms with Gasteiger partial charge in [0.15, 0.2) is 0 Å². The second-order valence-corrected chi connectivity index (χ2v) is 15.0.